The molecule has 0 saturated carbocycles. The van der Waals surface area contributed by atoms with Crippen molar-refractivity contribution >= 4 is 61.8 Å². The zero-order valence-corrected chi connectivity index (χ0v) is 28.2. The molecule has 0 aromatic rings. The van der Waals surface area contributed by atoms with Crippen LogP contribution >= 0.6 is 31.9 Å². The number of amides is 2. The second-order valence-corrected chi connectivity index (χ2v) is 14.6. The van der Waals surface area contributed by atoms with Crippen molar-refractivity contribution in [3.05, 3.63) is 0 Å². The lowest BCUT2D eigenvalue weighted by molar-refractivity contribution is -0.182. The lowest BCUT2D eigenvalue weighted by atomic mass is 9.93. The van der Waals surface area contributed by atoms with Gasteiger partial charge in [-0.25, -0.2) is 4.79 Å². The number of halogens is 2. The van der Waals surface area contributed by atoms with Crippen LogP contribution in [-0.2, 0) is 57.2 Å². The average molecular weight is 751 g/mol. The first-order valence-corrected chi connectivity index (χ1v) is 15.0. The Kier molecular flexibility index (Phi) is 17.1. The molecular formula is C26H41Br2NO14. The molecule has 2 atom stereocenters. The van der Waals surface area contributed by atoms with Crippen LogP contribution in [0.3, 0.4) is 0 Å². The standard InChI is InChI=1S/C26H41Br2NO14/c1-24(2,27)20(32)41-16-26(5,17-42-21(33)25(3,4)28)22(34)39-14-12-37-10-8-36-9-11-38-13-15-40-23(35)43-29-18(30)6-7-19(29)31/h20,32H,6-17H2,1-5H3. The number of hydrogen-bond acceptors (Lipinski definition) is 14. The molecule has 1 saturated heterocycles. The summed E-state index contributed by atoms with van der Waals surface area (Å²) in [4.78, 5) is 63.8. The predicted molar refractivity (Wildman–Crippen MR) is 154 cm³/mol. The molecule has 43 heavy (non-hydrogen) atoms. The van der Waals surface area contributed by atoms with E-state index in [1.807, 2.05) is 0 Å². The summed E-state index contributed by atoms with van der Waals surface area (Å²) in [6.45, 7) is 8.30. The minimum Gasteiger partial charge on any atom is -0.463 e. The van der Waals surface area contributed by atoms with Gasteiger partial charge in [-0.15, -0.1) is 0 Å². The molecule has 2 unspecified atom stereocenters. The highest BCUT2D eigenvalue weighted by Crippen LogP contribution is 2.27. The summed E-state index contributed by atoms with van der Waals surface area (Å²) in [6, 6.07) is 0. The molecule has 17 heteroatoms. The average Bonchev–Trinajstić information content (AvgIpc) is 3.23. The molecule has 0 spiro atoms. The second-order valence-electron chi connectivity index (χ2n) is 10.6. The fourth-order valence-corrected chi connectivity index (χ4v) is 3.12. The summed E-state index contributed by atoms with van der Waals surface area (Å²) >= 11 is 6.51. The Morgan fingerprint density at radius 2 is 1.21 bits per heavy atom. The summed E-state index contributed by atoms with van der Waals surface area (Å²) < 4.78 is 35.0. The number of ether oxygens (including phenoxy) is 7. The molecule has 0 aliphatic carbocycles. The van der Waals surface area contributed by atoms with Crippen molar-refractivity contribution in [3.63, 3.8) is 0 Å². The van der Waals surface area contributed by atoms with E-state index in [1.165, 1.54) is 6.92 Å². The Hall–Kier alpha value is -1.89. The van der Waals surface area contributed by atoms with Gasteiger partial charge in [0.2, 0.25) is 0 Å². The van der Waals surface area contributed by atoms with E-state index in [0.29, 0.717) is 5.06 Å². The molecule has 0 bridgehead atoms. The molecule has 0 aromatic heterocycles. The van der Waals surface area contributed by atoms with Gasteiger partial charge in [0.15, 0.2) is 6.29 Å². The van der Waals surface area contributed by atoms with Crippen LogP contribution in [0.4, 0.5) is 4.79 Å². The maximum Gasteiger partial charge on any atom is 0.534 e. The number of hydrogen-bond donors (Lipinski definition) is 1. The molecule has 1 rings (SSSR count). The first kappa shape index (κ1) is 39.1. The number of carbonyl (C=O) groups excluding carboxylic acids is 5. The van der Waals surface area contributed by atoms with Crippen LogP contribution in [0.15, 0.2) is 0 Å². The molecule has 1 heterocycles. The zero-order valence-electron chi connectivity index (χ0n) is 25.0. The highest BCUT2D eigenvalue weighted by molar-refractivity contribution is 9.10. The van der Waals surface area contributed by atoms with Gasteiger partial charge < -0.3 is 38.3 Å². The third-order valence-electron chi connectivity index (χ3n) is 5.47. The van der Waals surface area contributed by atoms with E-state index in [0.717, 1.165) is 0 Å². The van der Waals surface area contributed by atoms with E-state index in [9.17, 15) is 29.1 Å². The van der Waals surface area contributed by atoms with Gasteiger partial charge in [0.25, 0.3) is 11.8 Å². The Labute approximate surface area is 267 Å². The van der Waals surface area contributed by atoms with Gasteiger partial charge in [-0.2, -0.15) is 0 Å². The number of hydroxylamine groups is 2. The normalized spacial score (nSPS) is 16.0. The van der Waals surface area contributed by atoms with Crippen LogP contribution in [0.1, 0.15) is 47.5 Å². The summed E-state index contributed by atoms with van der Waals surface area (Å²) in [5, 5.41) is 10.6. The minimum atomic E-state index is -1.40. The maximum absolute atomic E-state index is 12.9. The smallest absolute Gasteiger partial charge is 0.463 e. The van der Waals surface area contributed by atoms with E-state index in [1.54, 1.807) is 27.7 Å². The molecule has 1 aliphatic heterocycles. The Balaban J connectivity index is 2.21. The number of imide groups is 1. The van der Waals surface area contributed by atoms with E-state index in [-0.39, 0.29) is 78.9 Å². The van der Waals surface area contributed by atoms with Crippen molar-refractivity contribution in [1.82, 2.24) is 5.06 Å². The lowest BCUT2D eigenvalue weighted by Crippen LogP contribution is -2.44. The largest absolute Gasteiger partial charge is 0.534 e. The molecule has 0 aromatic carbocycles. The van der Waals surface area contributed by atoms with Gasteiger partial charge >= 0.3 is 18.1 Å². The SMILES string of the molecule is CC(C)(Br)C(=O)OCC(C)(COC(O)C(C)(C)Br)C(=O)OCCOCCOCCOCCOC(=O)ON1C(=O)CCC1=O. The third-order valence-corrected chi connectivity index (χ3v) is 6.19. The Bertz CT molecular complexity index is 920. The topological polar surface area (TPSA) is 183 Å². The number of rotatable bonds is 21. The molecule has 2 amide bonds. The summed E-state index contributed by atoms with van der Waals surface area (Å²) in [6.07, 6.45) is -2.44. The number of aliphatic hydroxyl groups excluding tert-OH is 1. The van der Waals surface area contributed by atoms with Gasteiger partial charge in [0.1, 0.15) is 29.6 Å². The highest BCUT2D eigenvalue weighted by atomic mass is 79.9. The van der Waals surface area contributed by atoms with Crippen molar-refractivity contribution in [2.24, 2.45) is 5.41 Å². The molecule has 0 radical (unpaired) electrons. The van der Waals surface area contributed by atoms with Crippen molar-refractivity contribution in [1.29, 1.82) is 0 Å². The molecule has 1 aliphatic rings. The minimum absolute atomic E-state index is 0.0109. The number of esters is 2. The van der Waals surface area contributed by atoms with Gasteiger partial charge in [-0.1, -0.05) is 36.9 Å². The van der Waals surface area contributed by atoms with Crippen molar-refractivity contribution in [2.75, 3.05) is 66.1 Å². The first-order valence-electron chi connectivity index (χ1n) is 13.4. The van der Waals surface area contributed by atoms with Crippen molar-refractivity contribution in [2.45, 2.75) is 62.4 Å². The molecule has 15 nitrogen and oxygen atoms in total. The first-order chi connectivity index (χ1) is 20.0. The van der Waals surface area contributed by atoms with E-state index in [2.05, 4.69) is 36.7 Å². The fraction of sp³-hybridized carbons (Fsp3) is 0.808. The van der Waals surface area contributed by atoms with Crippen LogP contribution in [0.5, 0.6) is 0 Å². The zero-order chi connectivity index (χ0) is 32.7. The molecule has 248 valence electrons. The van der Waals surface area contributed by atoms with Gasteiger partial charge in [0, 0.05) is 12.8 Å². The predicted octanol–water partition coefficient (Wildman–Crippen LogP) is 2.03. The lowest BCUT2D eigenvalue weighted by Gasteiger charge is -2.31. The summed E-state index contributed by atoms with van der Waals surface area (Å²) in [5.41, 5.74) is -1.40. The van der Waals surface area contributed by atoms with E-state index >= 15 is 0 Å². The van der Waals surface area contributed by atoms with Gasteiger partial charge in [-0.3, -0.25) is 24.0 Å². The van der Waals surface area contributed by atoms with Crippen LogP contribution in [-0.4, -0.2) is 121 Å². The number of carbonyl (C=O) groups is 5. The molecule has 1 N–H and O–H groups in total. The number of aliphatic hydroxyl groups is 1. The van der Waals surface area contributed by atoms with Crippen LogP contribution in [0.25, 0.3) is 0 Å². The van der Waals surface area contributed by atoms with Gasteiger partial charge in [-0.05, 0) is 34.6 Å². The Morgan fingerprint density at radius 1 is 0.744 bits per heavy atom. The maximum atomic E-state index is 12.9. The monoisotopic (exact) mass is 749 g/mol. The van der Waals surface area contributed by atoms with Crippen LogP contribution in [0.2, 0.25) is 0 Å². The summed E-state index contributed by atoms with van der Waals surface area (Å²) in [5.74, 6) is -2.48. The fourth-order valence-electron chi connectivity index (χ4n) is 2.87. The second kappa shape index (κ2) is 18.8. The molecule has 1 fully saturated rings. The van der Waals surface area contributed by atoms with Crippen LogP contribution < -0.4 is 0 Å². The number of alkyl halides is 2. The third kappa shape index (κ3) is 15.6. The van der Waals surface area contributed by atoms with Crippen LogP contribution in [0, 0.1) is 5.41 Å². The van der Waals surface area contributed by atoms with Gasteiger partial charge in [0.05, 0.1) is 50.6 Å². The number of nitrogens with zero attached hydrogens (tertiary/aromatic N) is 1. The highest BCUT2D eigenvalue weighted by Gasteiger charge is 2.40. The van der Waals surface area contributed by atoms with E-state index in [4.69, 9.17) is 33.2 Å². The van der Waals surface area contributed by atoms with Crippen molar-refractivity contribution in [3.8, 4) is 0 Å². The molecular weight excluding hydrogens is 710 g/mol. The quantitative estimate of drug-likeness (QED) is 0.0449. The van der Waals surface area contributed by atoms with Crippen molar-refractivity contribution < 1.29 is 67.1 Å². The Morgan fingerprint density at radius 3 is 1.67 bits per heavy atom. The summed E-state index contributed by atoms with van der Waals surface area (Å²) in [7, 11) is 0. The van der Waals surface area contributed by atoms with E-state index < -0.39 is 50.3 Å².